The van der Waals surface area contributed by atoms with E-state index in [0.717, 1.165) is 11.1 Å². The van der Waals surface area contributed by atoms with E-state index >= 15 is 0 Å². The number of aliphatic hydroxyl groups excluding tert-OH is 1. The highest BCUT2D eigenvalue weighted by molar-refractivity contribution is 5.80. The van der Waals surface area contributed by atoms with Gasteiger partial charge in [0.05, 0.1) is 19.1 Å². The summed E-state index contributed by atoms with van der Waals surface area (Å²) in [6, 6.07) is 13.8. The average molecular weight is 282 g/mol. The third kappa shape index (κ3) is 2.53. The second kappa shape index (κ2) is 5.42. The zero-order valence-electron chi connectivity index (χ0n) is 11.5. The van der Waals surface area contributed by atoms with E-state index in [4.69, 9.17) is 14.3 Å². The van der Waals surface area contributed by atoms with Crippen molar-refractivity contribution in [1.82, 2.24) is 0 Å². The summed E-state index contributed by atoms with van der Waals surface area (Å²) in [6.45, 7) is -0.0122. The van der Waals surface area contributed by atoms with E-state index in [9.17, 15) is 4.79 Å². The molecule has 3 rings (SSSR count). The summed E-state index contributed by atoms with van der Waals surface area (Å²) < 4.78 is 10.9. The molecule has 1 N–H and O–H groups in total. The summed E-state index contributed by atoms with van der Waals surface area (Å²) in [6.07, 6.45) is 0. The lowest BCUT2D eigenvalue weighted by molar-refractivity contribution is 0.282. The number of ether oxygens (including phenoxy) is 1. The fraction of sp³-hybridized carbons (Fsp3) is 0.118. The average Bonchev–Trinajstić information content (AvgIpc) is 2.54. The van der Waals surface area contributed by atoms with E-state index in [1.807, 2.05) is 12.1 Å². The number of hydrogen-bond acceptors (Lipinski definition) is 4. The topological polar surface area (TPSA) is 59.7 Å². The molecule has 1 heterocycles. The predicted octanol–water partition coefficient (Wildman–Crippen LogP) is 2.96. The molecule has 3 aromatic rings. The maximum absolute atomic E-state index is 12.2. The molecule has 106 valence electrons. The number of hydrogen-bond donors (Lipinski definition) is 1. The monoisotopic (exact) mass is 282 g/mol. The van der Waals surface area contributed by atoms with E-state index in [0.29, 0.717) is 22.5 Å². The lowest BCUT2D eigenvalue weighted by Gasteiger charge is -2.05. The predicted molar refractivity (Wildman–Crippen MR) is 80.4 cm³/mol. The van der Waals surface area contributed by atoms with Crippen LogP contribution in [0.3, 0.4) is 0 Å². The summed E-state index contributed by atoms with van der Waals surface area (Å²) >= 11 is 0. The summed E-state index contributed by atoms with van der Waals surface area (Å²) in [5.74, 6) is 1.12. The lowest BCUT2D eigenvalue weighted by Crippen LogP contribution is -2.00. The molecule has 4 nitrogen and oxygen atoms in total. The summed E-state index contributed by atoms with van der Waals surface area (Å²) in [4.78, 5) is 12.2. The summed E-state index contributed by atoms with van der Waals surface area (Å²) in [5, 5.41) is 9.54. The molecular weight excluding hydrogens is 268 g/mol. The number of aliphatic hydroxyl groups is 1. The largest absolute Gasteiger partial charge is 0.497 e. The minimum atomic E-state index is -0.114. The number of methoxy groups -OCH3 is 1. The first kappa shape index (κ1) is 13.4. The van der Waals surface area contributed by atoms with Gasteiger partial charge in [0.1, 0.15) is 17.1 Å². The number of fused-ring (bicyclic) bond motifs is 1. The highest BCUT2D eigenvalue weighted by atomic mass is 16.5. The molecule has 4 heteroatoms. The molecule has 0 fully saturated rings. The van der Waals surface area contributed by atoms with E-state index in [1.54, 1.807) is 37.4 Å². The van der Waals surface area contributed by atoms with E-state index in [2.05, 4.69) is 0 Å². The molecule has 0 aliphatic rings. The van der Waals surface area contributed by atoms with Crippen LogP contribution >= 0.6 is 0 Å². The molecule has 0 amide bonds. The molecule has 0 aliphatic carbocycles. The van der Waals surface area contributed by atoms with Crippen LogP contribution in [0.25, 0.3) is 22.3 Å². The highest BCUT2D eigenvalue weighted by Gasteiger charge is 2.08. The Bertz CT molecular complexity index is 832. The van der Waals surface area contributed by atoms with Crippen LogP contribution in [-0.2, 0) is 6.61 Å². The van der Waals surface area contributed by atoms with Crippen LogP contribution in [0.5, 0.6) is 5.75 Å². The summed E-state index contributed by atoms with van der Waals surface area (Å²) in [5.41, 5.74) is 2.01. The van der Waals surface area contributed by atoms with Gasteiger partial charge in [-0.25, -0.2) is 0 Å². The molecule has 0 spiro atoms. The number of benzene rings is 2. The van der Waals surface area contributed by atoms with Gasteiger partial charge in [-0.05, 0) is 23.8 Å². The minimum Gasteiger partial charge on any atom is -0.497 e. The molecule has 2 aromatic carbocycles. The Balaban J connectivity index is 2.13. The maximum atomic E-state index is 12.2. The SMILES string of the molecule is COc1ccc2oc(-c3ccc(CO)cc3)cc(=O)c2c1. The molecule has 1 aromatic heterocycles. The fourth-order valence-electron chi connectivity index (χ4n) is 2.18. The van der Waals surface area contributed by atoms with Gasteiger partial charge in [-0.15, -0.1) is 0 Å². The zero-order chi connectivity index (χ0) is 14.8. The molecule has 0 atom stereocenters. The van der Waals surface area contributed by atoms with Gasteiger partial charge < -0.3 is 14.3 Å². The number of rotatable bonds is 3. The molecule has 0 saturated carbocycles. The Morgan fingerprint density at radius 1 is 1.10 bits per heavy atom. The molecule has 0 unspecified atom stereocenters. The van der Waals surface area contributed by atoms with Gasteiger partial charge in [-0.3, -0.25) is 4.79 Å². The highest BCUT2D eigenvalue weighted by Crippen LogP contribution is 2.24. The van der Waals surface area contributed by atoms with Crippen LogP contribution in [0.2, 0.25) is 0 Å². The second-order valence-electron chi connectivity index (χ2n) is 4.69. The van der Waals surface area contributed by atoms with Gasteiger partial charge in [0.15, 0.2) is 5.43 Å². The second-order valence-corrected chi connectivity index (χ2v) is 4.69. The van der Waals surface area contributed by atoms with Crippen LogP contribution in [0.1, 0.15) is 5.56 Å². The first-order valence-corrected chi connectivity index (χ1v) is 6.53. The zero-order valence-corrected chi connectivity index (χ0v) is 11.5. The smallest absolute Gasteiger partial charge is 0.193 e. The van der Waals surface area contributed by atoms with Gasteiger partial charge in [-0.2, -0.15) is 0 Å². The Morgan fingerprint density at radius 3 is 2.52 bits per heavy atom. The quantitative estimate of drug-likeness (QED) is 0.802. The van der Waals surface area contributed by atoms with Crippen molar-refractivity contribution in [3.8, 4) is 17.1 Å². The Hall–Kier alpha value is -2.59. The van der Waals surface area contributed by atoms with Crippen molar-refractivity contribution in [2.24, 2.45) is 0 Å². The standard InChI is InChI=1S/C17H14O4/c1-20-13-6-7-16-14(8-13)15(19)9-17(21-16)12-4-2-11(10-18)3-5-12/h2-9,18H,10H2,1H3. The van der Waals surface area contributed by atoms with Gasteiger partial charge in [-0.1, -0.05) is 24.3 Å². The van der Waals surface area contributed by atoms with Crippen LogP contribution < -0.4 is 10.2 Å². The van der Waals surface area contributed by atoms with Crippen molar-refractivity contribution in [1.29, 1.82) is 0 Å². The molecule has 0 radical (unpaired) electrons. The van der Waals surface area contributed by atoms with Crippen molar-refractivity contribution in [3.63, 3.8) is 0 Å². The van der Waals surface area contributed by atoms with Crippen molar-refractivity contribution < 1.29 is 14.3 Å². The van der Waals surface area contributed by atoms with Crippen molar-refractivity contribution in [2.45, 2.75) is 6.61 Å². The van der Waals surface area contributed by atoms with Crippen molar-refractivity contribution in [2.75, 3.05) is 7.11 Å². The van der Waals surface area contributed by atoms with Gasteiger partial charge >= 0.3 is 0 Å². The van der Waals surface area contributed by atoms with E-state index in [-0.39, 0.29) is 12.0 Å². The Labute approximate surface area is 121 Å². The van der Waals surface area contributed by atoms with Gasteiger partial charge in [0.2, 0.25) is 0 Å². The normalized spacial score (nSPS) is 10.8. The fourth-order valence-corrected chi connectivity index (χ4v) is 2.18. The van der Waals surface area contributed by atoms with Gasteiger partial charge in [0.25, 0.3) is 0 Å². The van der Waals surface area contributed by atoms with Crippen LogP contribution in [0, 0.1) is 0 Å². The van der Waals surface area contributed by atoms with Crippen molar-refractivity contribution in [3.05, 3.63) is 64.3 Å². The first-order chi connectivity index (χ1) is 10.2. The molecule has 21 heavy (non-hydrogen) atoms. The van der Waals surface area contributed by atoms with Crippen molar-refractivity contribution >= 4 is 11.0 Å². The molecule has 0 saturated heterocycles. The van der Waals surface area contributed by atoms with Gasteiger partial charge in [0, 0.05) is 11.6 Å². The van der Waals surface area contributed by atoms with Crippen LogP contribution in [0.4, 0.5) is 0 Å². The minimum absolute atomic E-state index is 0.0122. The Morgan fingerprint density at radius 2 is 1.86 bits per heavy atom. The van der Waals surface area contributed by atoms with E-state index in [1.165, 1.54) is 6.07 Å². The Kier molecular flexibility index (Phi) is 3.46. The van der Waals surface area contributed by atoms with Crippen LogP contribution in [0.15, 0.2) is 57.7 Å². The lowest BCUT2D eigenvalue weighted by atomic mass is 10.1. The maximum Gasteiger partial charge on any atom is 0.193 e. The third-order valence-corrected chi connectivity index (χ3v) is 3.36. The molecule has 0 bridgehead atoms. The van der Waals surface area contributed by atoms with E-state index < -0.39 is 0 Å². The third-order valence-electron chi connectivity index (χ3n) is 3.36. The van der Waals surface area contributed by atoms with Crippen LogP contribution in [-0.4, -0.2) is 12.2 Å². The molecular formula is C17H14O4. The summed E-state index contributed by atoms with van der Waals surface area (Å²) in [7, 11) is 1.56. The molecule has 0 aliphatic heterocycles. The first-order valence-electron chi connectivity index (χ1n) is 6.53.